The van der Waals surface area contributed by atoms with E-state index in [9.17, 15) is 10.2 Å². The van der Waals surface area contributed by atoms with E-state index in [1.165, 1.54) is 30.5 Å². The Hall–Kier alpha value is -1.30. The number of aryl methyl sites for hydroxylation is 1. The number of nitrogens with zero attached hydrogens (tertiary/aromatic N) is 1. The average molecular weight is 474 g/mol. The normalized spacial score (nSPS) is 34.6. The molecule has 0 radical (unpaired) electrons. The smallest absolute Gasteiger partial charge is 0.165 e. The van der Waals surface area contributed by atoms with Gasteiger partial charge in [0, 0.05) is 37.1 Å². The van der Waals surface area contributed by atoms with Gasteiger partial charge in [-0.25, -0.2) is 0 Å². The summed E-state index contributed by atoms with van der Waals surface area (Å²) < 4.78 is 12.8. The fourth-order valence-corrected chi connectivity index (χ4v) is 7.08. The van der Waals surface area contributed by atoms with Gasteiger partial charge in [-0.2, -0.15) is 0 Å². The third-order valence-electron chi connectivity index (χ3n) is 9.57. The molecule has 1 aromatic rings. The van der Waals surface area contributed by atoms with Crippen molar-refractivity contribution in [1.29, 1.82) is 0 Å². The van der Waals surface area contributed by atoms with Crippen LogP contribution in [0.5, 0.6) is 11.5 Å². The van der Waals surface area contributed by atoms with Crippen LogP contribution in [0, 0.1) is 30.1 Å². The zero-order chi connectivity index (χ0) is 25.1. The van der Waals surface area contributed by atoms with Gasteiger partial charge in [-0.05, 0) is 75.0 Å². The molecule has 2 aliphatic heterocycles. The van der Waals surface area contributed by atoms with Gasteiger partial charge >= 0.3 is 0 Å². The minimum Gasteiger partial charge on any atom is -0.504 e. The first kappa shape index (κ1) is 25.8. The van der Waals surface area contributed by atoms with Crippen LogP contribution in [0.3, 0.4) is 0 Å². The largest absolute Gasteiger partial charge is 0.504 e. The van der Waals surface area contributed by atoms with Gasteiger partial charge in [0.15, 0.2) is 11.5 Å². The molecule has 0 bridgehead atoms. The van der Waals surface area contributed by atoms with Gasteiger partial charge in [0.05, 0.1) is 5.60 Å². The lowest BCUT2D eigenvalue weighted by atomic mass is 9.51. The number of aromatic hydroxyl groups is 1. The predicted molar refractivity (Wildman–Crippen MR) is 137 cm³/mol. The molecular formula is C29H47NO4. The molecular weight excluding hydrogens is 426 g/mol. The Kier molecular flexibility index (Phi) is 6.81. The highest BCUT2D eigenvalue weighted by Gasteiger charge is 2.66. The molecule has 6 atom stereocenters. The maximum Gasteiger partial charge on any atom is 0.165 e. The van der Waals surface area contributed by atoms with Crippen molar-refractivity contribution in [1.82, 2.24) is 4.90 Å². The first-order chi connectivity index (χ1) is 16.0. The molecule has 1 aromatic carbocycles. The molecule has 192 valence electrons. The van der Waals surface area contributed by atoms with E-state index in [1.807, 2.05) is 26.8 Å². The number of fused-ring (bicyclic) bond motifs is 1. The van der Waals surface area contributed by atoms with Crippen LogP contribution in [0.25, 0.3) is 0 Å². The number of hydrogen-bond donors (Lipinski definition) is 2. The molecule has 5 rings (SSSR count). The van der Waals surface area contributed by atoms with Crippen molar-refractivity contribution in [3.05, 3.63) is 23.3 Å². The summed E-state index contributed by atoms with van der Waals surface area (Å²) in [5.41, 5.74) is 1.00. The Bertz CT molecular complexity index is 887. The van der Waals surface area contributed by atoms with Gasteiger partial charge in [0.25, 0.3) is 0 Å². The van der Waals surface area contributed by atoms with Crippen molar-refractivity contribution in [2.24, 2.45) is 23.2 Å². The minimum atomic E-state index is -0.909. The number of likely N-dealkylation sites (tertiary alicyclic amines) is 1. The molecule has 2 N–H and O–H groups in total. The van der Waals surface area contributed by atoms with Gasteiger partial charge in [0.1, 0.15) is 12.2 Å². The molecule has 2 unspecified atom stereocenters. The van der Waals surface area contributed by atoms with Crippen molar-refractivity contribution >= 4 is 0 Å². The summed E-state index contributed by atoms with van der Waals surface area (Å²) in [6.07, 6.45) is 4.20. The van der Waals surface area contributed by atoms with Crippen LogP contribution in [0.2, 0.25) is 0 Å². The van der Waals surface area contributed by atoms with Crippen LogP contribution in [-0.4, -0.2) is 59.7 Å². The number of phenols is 1. The third-order valence-corrected chi connectivity index (χ3v) is 9.57. The summed E-state index contributed by atoms with van der Waals surface area (Å²) in [6.45, 7) is 17.7. The number of benzene rings is 1. The second kappa shape index (κ2) is 8.97. The van der Waals surface area contributed by atoms with E-state index in [2.05, 4.69) is 32.6 Å². The van der Waals surface area contributed by atoms with Crippen molar-refractivity contribution in [3.63, 3.8) is 0 Å². The van der Waals surface area contributed by atoms with Crippen LogP contribution >= 0.6 is 0 Å². The number of methoxy groups -OCH3 is 1. The number of phenolic OH excluding ortho intramolecular Hbond substituents is 1. The van der Waals surface area contributed by atoms with Crippen molar-refractivity contribution in [2.75, 3.05) is 26.7 Å². The second-order valence-electron chi connectivity index (χ2n) is 12.3. The number of hydrogen-bond acceptors (Lipinski definition) is 5. The first-order valence-electron chi connectivity index (χ1n) is 13.5. The van der Waals surface area contributed by atoms with E-state index in [4.69, 9.17) is 9.47 Å². The summed E-state index contributed by atoms with van der Waals surface area (Å²) in [7, 11) is 1.76. The molecule has 5 nitrogen and oxygen atoms in total. The van der Waals surface area contributed by atoms with Gasteiger partial charge in [-0.3, -0.25) is 0 Å². The highest BCUT2D eigenvalue weighted by molar-refractivity contribution is 5.58. The molecule has 1 spiro atoms. The lowest BCUT2D eigenvalue weighted by Crippen LogP contribution is -2.68. The number of piperidine rings is 1. The Morgan fingerprint density at radius 3 is 2.44 bits per heavy atom. The molecule has 2 saturated carbocycles. The van der Waals surface area contributed by atoms with Crippen LogP contribution in [0.4, 0.5) is 0 Å². The van der Waals surface area contributed by atoms with Crippen LogP contribution in [-0.2, 0) is 10.2 Å². The predicted octanol–water partition coefficient (Wildman–Crippen LogP) is 5.29. The highest BCUT2D eigenvalue weighted by atomic mass is 16.5. The fraction of sp³-hybridized carbons (Fsp3) is 0.793. The Labute approximate surface area is 206 Å². The van der Waals surface area contributed by atoms with Crippen molar-refractivity contribution in [3.8, 4) is 11.5 Å². The summed E-state index contributed by atoms with van der Waals surface area (Å²) >= 11 is 0. The van der Waals surface area contributed by atoms with Crippen molar-refractivity contribution in [2.45, 2.75) is 97.4 Å². The van der Waals surface area contributed by atoms with E-state index in [-0.39, 0.29) is 34.7 Å². The molecule has 0 aromatic heterocycles. The molecule has 0 amide bonds. The fourth-order valence-electron chi connectivity index (χ4n) is 7.08. The van der Waals surface area contributed by atoms with Crippen LogP contribution in [0.15, 0.2) is 12.1 Å². The summed E-state index contributed by atoms with van der Waals surface area (Å²) in [6, 6.07) is 3.78. The Morgan fingerprint density at radius 2 is 1.85 bits per heavy atom. The van der Waals surface area contributed by atoms with E-state index >= 15 is 0 Å². The zero-order valence-electron chi connectivity index (χ0n) is 22.6. The van der Waals surface area contributed by atoms with E-state index in [0.717, 1.165) is 31.8 Å². The van der Waals surface area contributed by atoms with Crippen molar-refractivity contribution < 1.29 is 19.7 Å². The van der Waals surface area contributed by atoms with E-state index in [1.54, 1.807) is 13.2 Å². The van der Waals surface area contributed by atoms with Crippen LogP contribution < -0.4 is 4.74 Å². The standard InChI is InChI=1S/C27H41NO4.C2H6/c1-16-7-10-20(29)23-21(16)27-11-12-28(14-17-8-9-17)15-18(27)13-19(22(31-6)24(27)32-23)26(5,30)25(2,3)4;1-2/h7,10,17-19,22,24,29-30H,8-9,11-15H2,1-6H3;1-2H3/t18?,19-,22+,24-,26-,27?;/m0./s1. The molecule has 2 heterocycles. The molecule has 2 aliphatic carbocycles. The lowest BCUT2D eigenvalue weighted by Gasteiger charge is -2.59. The monoisotopic (exact) mass is 473 g/mol. The number of rotatable bonds is 4. The molecule has 1 saturated heterocycles. The number of aliphatic hydroxyl groups is 1. The molecule has 34 heavy (non-hydrogen) atoms. The minimum absolute atomic E-state index is 0.0479. The first-order valence-corrected chi connectivity index (χ1v) is 13.5. The Morgan fingerprint density at radius 1 is 1.18 bits per heavy atom. The third kappa shape index (κ3) is 3.87. The van der Waals surface area contributed by atoms with E-state index < -0.39 is 5.60 Å². The zero-order valence-corrected chi connectivity index (χ0v) is 22.6. The lowest BCUT2D eigenvalue weighted by molar-refractivity contribution is -0.198. The topological polar surface area (TPSA) is 62.2 Å². The molecule has 4 aliphatic rings. The average Bonchev–Trinajstić information content (AvgIpc) is 3.53. The van der Waals surface area contributed by atoms with Gasteiger partial charge < -0.3 is 24.6 Å². The van der Waals surface area contributed by atoms with Gasteiger partial charge in [-0.15, -0.1) is 0 Å². The maximum atomic E-state index is 11.8. The SMILES string of the molecule is CC.CO[C@H]1[C@@H]2Oc3c(O)ccc(C)c3C23CCN(CC2CC2)CC3C[C@@H]1[C@](C)(O)C(C)(C)C. The van der Waals surface area contributed by atoms with Gasteiger partial charge in [-0.1, -0.05) is 40.7 Å². The summed E-state index contributed by atoms with van der Waals surface area (Å²) in [5, 5.41) is 22.6. The van der Waals surface area contributed by atoms with Crippen LogP contribution in [0.1, 0.15) is 78.4 Å². The Balaban J connectivity index is 0.00000133. The number of ether oxygens (including phenoxy) is 2. The molecule has 3 fully saturated rings. The van der Waals surface area contributed by atoms with E-state index in [0.29, 0.717) is 11.7 Å². The highest BCUT2D eigenvalue weighted by Crippen LogP contribution is 2.63. The summed E-state index contributed by atoms with van der Waals surface area (Å²) in [4.78, 5) is 2.65. The quantitative estimate of drug-likeness (QED) is 0.622. The second-order valence-corrected chi connectivity index (χ2v) is 12.3. The summed E-state index contributed by atoms with van der Waals surface area (Å²) in [5.74, 6) is 2.04. The molecule has 5 heteroatoms. The maximum absolute atomic E-state index is 11.8. The van der Waals surface area contributed by atoms with Gasteiger partial charge in [0.2, 0.25) is 0 Å².